The number of ether oxygens (including phenoxy) is 2. The van der Waals surface area contributed by atoms with Gasteiger partial charge in [-0.2, -0.15) is 0 Å². The van der Waals surface area contributed by atoms with Gasteiger partial charge in [-0.25, -0.2) is 19.9 Å². The number of fused-ring (bicyclic) bond motifs is 4. The first-order valence-corrected chi connectivity index (χ1v) is 13.8. The predicted molar refractivity (Wildman–Crippen MR) is 171 cm³/mol. The minimum Gasteiger partial charge on any atom is -0.495 e. The number of carbonyl (C=O) groups excluding carboxylic acids is 1. The lowest BCUT2D eigenvalue weighted by Gasteiger charge is -1.97. The lowest BCUT2D eigenvalue weighted by molar-refractivity contribution is 0.112. The van der Waals surface area contributed by atoms with Crippen molar-refractivity contribution in [3.63, 3.8) is 0 Å². The highest BCUT2D eigenvalue weighted by Crippen LogP contribution is 2.20. The number of hydrogen-bond donors (Lipinski definition) is 4. The van der Waals surface area contributed by atoms with E-state index in [0.29, 0.717) is 17.0 Å². The Hall–Kier alpha value is -5.49. The summed E-state index contributed by atoms with van der Waals surface area (Å²) in [6.07, 6.45) is 14.9. The predicted octanol–water partition coefficient (Wildman–Crippen LogP) is 6.84. The number of aromatic amines is 4. The van der Waals surface area contributed by atoms with Crippen LogP contribution in [0.15, 0.2) is 103 Å². The van der Waals surface area contributed by atoms with Crippen LogP contribution in [0.5, 0.6) is 11.5 Å². The van der Waals surface area contributed by atoms with E-state index in [1.54, 1.807) is 51.3 Å². The van der Waals surface area contributed by atoms with Crippen molar-refractivity contribution >= 4 is 66.3 Å². The van der Waals surface area contributed by atoms with Crippen LogP contribution in [0.25, 0.3) is 44.1 Å². The second-order valence-electron chi connectivity index (χ2n) is 8.91. The summed E-state index contributed by atoms with van der Waals surface area (Å²) in [5, 5.41) is 4.16. The Morgan fingerprint density at radius 1 is 0.674 bits per heavy atom. The highest BCUT2D eigenvalue weighted by molar-refractivity contribution is 9.10. The third-order valence-corrected chi connectivity index (χ3v) is 6.63. The van der Waals surface area contributed by atoms with Crippen molar-refractivity contribution in [2.24, 2.45) is 0 Å². The fourth-order valence-electron chi connectivity index (χ4n) is 4.04. The van der Waals surface area contributed by atoms with Gasteiger partial charge in [0, 0.05) is 68.8 Å². The van der Waals surface area contributed by atoms with Crippen LogP contribution in [0, 0.1) is 0 Å². The van der Waals surface area contributed by atoms with E-state index in [9.17, 15) is 4.79 Å². The molecule has 8 heterocycles. The first kappa shape index (κ1) is 29.0. The molecule has 0 aromatic carbocycles. The van der Waals surface area contributed by atoms with Crippen LogP contribution in [0.1, 0.15) is 10.4 Å². The van der Waals surface area contributed by atoms with Crippen molar-refractivity contribution in [3.05, 3.63) is 108 Å². The Morgan fingerprint density at radius 3 is 1.91 bits per heavy atom. The van der Waals surface area contributed by atoms with Gasteiger partial charge in [-0.15, -0.1) is 0 Å². The first-order valence-electron chi connectivity index (χ1n) is 13.0. The van der Waals surface area contributed by atoms with E-state index < -0.39 is 0 Å². The Morgan fingerprint density at radius 2 is 1.26 bits per heavy atom. The normalized spacial score (nSPS) is 10.3. The minimum atomic E-state index is 0.599. The zero-order chi connectivity index (χ0) is 30.0. The van der Waals surface area contributed by atoms with Crippen LogP contribution in [0.2, 0.25) is 0 Å². The van der Waals surface area contributed by atoms with Crippen LogP contribution in [0.4, 0.5) is 0 Å². The van der Waals surface area contributed by atoms with Crippen molar-refractivity contribution < 1.29 is 14.3 Å². The zero-order valence-electron chi connectivity index (χ0n) is 23.2. The molecule has 0 unspecified atom stereocenters. The molecule has 216 valence electrons. The molecule has 0 aliphatic carbocycles. The van der Waals surface area contributed by atoms with Crippen molar-refractivity contribution in [1.29, 1.82) is 0 Å². The van der Waals surface area contributed by atoms with Crippen molar-refractivity contribution in [2.75, 3.05) is 14.2 Å². The first-order chi connectivity index (χ1) is 21.1. The highest BCUT2D eigenvalue weighted by atomic mass is 79.9. The lowest BCUT2D eigenvalue weighted by Crippen LogP contribution is -1.85. The smallest absolute Gasteiger partial charge is 0.152 e. The van der Waals surface area contributed by atoms with Crippen LogP contribution >= 0.6 is 15.9 Å². The van der Waals surface area contributed by atoms with Crippen LogP contribution in [0.3, 0.4) is 0 Å². The Balaban J connectivity index is 0.000000115. The second-order valence-corrected chi connectivity index (χ2v) is 9.83. The molecule has 0 saturated heterocycles. The molecule has 0 fully saturated rings. The number of halogens is 1. The molecule has 0 spiro atoms. The third-order valence-electron chi connectivity index (χ3n) is 6.20. The van der Waals surface area contributed by atoms with Crippen LogP contribution in [-0.2, 0) is 0 Å². The molecule has 0 atom stereocenters. The van der Waals surface area contributed by atoms with Crippen molar-refractivity contribution in [2.45, 2.75) is 0 Å². The number of nitrogens with one attached hydrogen (secondary N) is 4. The summed E-state index contributed by atoms with van der Waals surface area (Å²) in [4.78, 5) is 38.9. The molecule has 0 saturated carbocycles. The maximum absolute atomic E-state index is 10.6. The van der Waals surface area contributed by atoms with E-state index in [2.05, 4.69) is 55.8 Å². The number of hydrogen-bond acceptors (Lipinski definition) is 7. The average molecular weight is 640 g/mol. The molecule has 0 aliphatic rings. The molecule has 8 aromatic rings. The maximum Gasteiger partial charge on any atom is 0.152 e. The number of aldehydes is 1. The minimum absolute atomic E-state index is 0.599. The molecule has 0 radical (unpaired) electrons. The molecular formula is C31H27BrN8O3. The van der Waals surface area contributed by atoms with Gasteiger partial charge in [-0.1, -0.05) is 0 Å². The monoisotopic (exact) mass is 638 g/mol. The van der Waals surface area contributed by atoms with E-state index >= 15 is 0 Å². The van der Waals surface area contributed by atoms with Gasteiger partial charge in [0.25, 0.3) is 0 Å². The second kappa shape index (κ2) is 13.9. The number of aromatic nitrogens is 8. The van der Waals surface area contributed by atoms with Crippen molar-refractivity contribution in [1.82, 2.24) is 39.9 Å². The lowest BCUT2D eigenvalue weighted by atomic mass is 10.2. The fourth-order valence-corrected chi connectivity index (χ4v) is 4.39. The maximum atomic E-state index is 10.6. The summed E-state index contributed by atoms with van der Waals surface area (Å²) >= 11 is 3.34. The zero-order valence-corrected chi connectivity index (χ0v) is 24.8. The molecule has 0 amide bonds. The van der Waals surface area contributed by atoms with Gasteiger partial charge in [-0.05, 0) is 64.5 Å². The van der Waals surface area contributed by atoms with Gasteiger partial charge in [0.15, 0.2) is 6.29 Å². The van der Waals surface area contributed by atoms with Gasteiger partial charge < -0.3 is 29.4 Å². The Labute approximate surface area is 253 Å². The SMILES string of the molecule is Brc1cnc2[nH]ccc2c1.COc1cnc2[nH]cc(C=O)c2c1.COc1cnc2[nH]ccc2c1.c1cnc2[nH]ccc2c1. The number of methoxy groups -OCH3 is 2. The summed E-state index contributed by atoms with van der Waals surface area (Å²) in [5.41, 5.74) is 4.08. The largest absolute Gasteiger partial charge is 0.495 e. The number of rotatable bonds is 3. The summed E-state index contributed by atoms with van der Waals surface area (Å²) in [6, 6.07) is 15.7. The standard InChI is InChI=1S/C9H8N2O2.C8H8N2O.C7H5BrN2.C7H6N2/c1-13-7-2-8-6(5-12)3-10-9(8)11-4-7;1-11-7-4-6-2-3-9-8(6)10-5-7;8-6-3-5-1-2-9-7(5)10-4-6;1-2-6-3-5-9-7(6)8-4-1/h2-5H,1H3,(H,10,11);2-5H,1H3,(H,9,10);1-4H,(H,9,10);1-5H,(H,8,9). The summed E-state index contributed by atoms with van der Waals surface area (Å²) in [7, 11) is 3.20. The summed E-state index contributed by atoms with van der Waals surface area (Å²) in [5.74, 6) is 1.44. The number of carbonyl (C=O) groups is 1. The van der Waals surface area contributed by atoms with Gasteiger partial charge >= 0.3 is 0 Å². The average Bonchev–Trinajstić information content (AvgIpc) is 3.87. The van der Waals surface area contributed by atoms with Crippen LogP contribution < -0.4 is 9.47 Å². The number of pyridine rings is 4. The van der Waals surface area contributed by atoms with Gasteiger partial charge in [-0.3, -0.25) is 4.79 Å². The molecule has 43 heavy (non-hydrogen) atoms. The Bertz CT molecular complexity index is 2050. The topological polar surface area (TPSA) is 150 Å². The van der Waals surface area contributed by atoms with Crippen LogP contribution in [-0.4, -0.2) is 60.4 Å². The molecule has 8 aromatic heterocycles. The number of nitrogens with zero attached hydrogens (tertiary/aromatic N) is 4. The molecule has 12 heteroatoms. The number of H-pyrrole nitrogens is 4. The highest BCUT2D eigenvalue weighted by Gasteiger charge is 2.04. The Kier molecular flexibility index (Phi) is 9.39. The van der Waals surface area contributed by atoms with Gasteiger partial charge in [0.1, 0.15) is 34.1 Å². The summed E-state index contributed by atoms with van der Waals surface area (Å²) < 4.78 is 11.0. The molecule has 8 rings (SSSR count). The van der Waals surface area contributed by atoms with E-state index in [4.69, 9.17) is 9.47 Å². The van der Waals surface area contributed by atoms with E-state index in [1.807, 2.05) is 61.1 Å². The van der Waals surface area contributed by atoms with Crippen molar-refractivity contribution in [3.8, 4) is 11.5 Å². The molecular weight excluding hydrogens is 612 g/mol. The molecule has 11 nitrogen and oxygen atoms in total. The van der Waals surface area contributed by atoms with E-state index in [0.717, 1.165) is 55.0 Å². The molecule has 0 aliphatic heterocycles. The fraction of sp³-hybridized carbons (Fsp3) is 0.0645. The molecule has 0 bridgehead atoms. The third kappa shape index (κ3) is 7.24. The van der Waals surface area contributed by atoms with E-state index in [-0.39, 0.29) is 0 Å². The van der Waals surface area contributed by atoms with Gasteiger partial charge in [0.05, 0.1) is 26.6 Å². The molecule has 4 N–H and O–H groups in total. The van der Waals surface area contributed by atoms with Gasteiger partial charge in [0.2, 0.25) is 0 Å². The summed E-state index contributed by atoms with van der Waals surface area (Å²) in [6.45, 7) is 0. The van der Waals surface area contributed by atoms with E-state index in [1.165, 1.54) is 0 Å². The quantitative estimate of drug-likeness (QED) is 0.155.